The largest absolute Gasteiger partial charge is 0.460 e. The monoisotopic (exact) mass is 342 g/mol. The molecule has 0 aromatic heterocycles. The molecule has 1 heterocycles. The van der Waals surface area contributed by atoms with Gasteiger partial charge in [0.15, 0.2) is 11.5 Å². The molecule has 0 radical (unpaired) electrons. The number of carbonyl (C=O) groups excluding carboxylic acids is 2. The molecule has 23 heavy (non-hydrogen) atoms. The molecule has 1 atom stereocenters. The maximum Gasteiger partial charge on any atom is 0.453 e. The molecule has 0 amide bonds. The standard InChI is InChI=1S/C16H19ClO6/c1-4-20-14(18)16(15(19)21-5-2)22-12-7-6-11(8-10(3)17)9-13(12)23-16/h6-7,9-10H,4-5,8H2,1-3H3. The average molecular weight is 343 g/mol. The second-order valence-electron chi connectivity index (χ2n) is 5.03. The van der Waals surface area contributed by atoms with Crippen LogP contribution in [0.2, 0.25) is 0 Å². The second kappa shape index (κ2) is 7.08. The Kier molecular flexibility index (Phi) is 5.36. The zero-order valence-corrected chi connectivity index (χ0v) is 14.0. The number of alkyl halides is 1. The number of ether oxygens (including phenoxy) is 4. The molecule has 1 aliphatic heterocycles. The van der Waals surface area contributed by atoms with Crippen LogP contribution >= 0.6 is 11.6 Å². The summed E-state index contributed by atoms with van der Waals surface area (Å²) in [6.07, 6.45) is 0.615. The molecular weight excluding hydrogens is 324 g/mol. The molecule has 126 valence electrons. The van der Waals surface area contributed by atoms with Crippen molar-refractivity contribution in [2.45, 2.75) is 38.4 Å². The zero-order valence-electron chi connectivity index (χ0n) is 13.3. The zero-order chi connectivity index (χ0) is 17.0. The lowest BCUT2D eigenvalue weighted by Gasteiger charge is -2.22. The Morgan fingerprint density at radius 3 is 2.22 bits per heavy atom. The van der Waals surface area contributed by atoms with Gasteiger partial charge in [-0.2, -0.15) is 0 Å². The number of esters is 2. The maximum atomic E-state index is 12.2. The summed E-state index contributed by atoms with van der Waals surface area (Å²) in [6, 6.07) is 5.12. The summed E-state index contributed by atoms with van der Waals surface area (Å²) in [4.78, 5) is 24.4. The third-order valence-electron chi connectivity index (χ3n) is 3.12. The number of fused-ring (bicyclic) bond motifs is 1. The fourth-order valence-electron chi connectivity index (χ4n) is 2.20. The van der Waals surface area contributed by atoms with Crippen LogP contribution in [-0.2, 0) is 25.5 Å². The van der Waals surface area contributed by atoms with E-state index in [9.17, 15) is 9.59 Å². The molecule has 1 aromatic rings. The van der Waals surface area contributed by atoms with Crippen LogP contribution in [0.1, 0.15) is 26.3 Å². The lowest BCUT2D eigenvalue weighted by molar-refractivity contribution is -0.202. The quantitative estimate of drug-likeness (QED) is 0.449. The van der Waals surface area contributed by atoms with Crippen LogP contribution in [0.5, 0.6) is 11.5 Å². The minimum Gasteiger partial charge on any atom is -0.460 e. The van der Waals surface area contributed by atoms with Gasteiger partial charge in [-0.15, -0.1) is 11.6 Å². The summed E-state index contributed by atoms with van der Waals surface area (Å²) < 4.78 is 20.8. The van der Waals surface area contributed by atoms with Crippen LogP contribution in [0.3, 0.4) is 0 Å². The predicted molar refractivity (Wildman–Crippen MR) is 82.7 cm³/mol. The number of hydrogen-bond donors (Lipinski definition) is 0. The Morgan fingerprint density at radius 1 is 1.13 bits per heavy atom. The first-order valence-corrected chi connectivity index (χ1v) is 7.86. The van der Waals surface area contributed by atoms with E-state index in [1.807, 2.05) is 6.92 Å². The van der Waals surface area contributed by atoms with E-state index in [1.54, 1.807) is 32.0 Å². The van der Waals surface area contributed by atoms with Crippen molar-refractivity contribution in [1.29, 1.82) is 0 Å². The van der Waals surface area contributed by atoms with Crippen LogP contribution in [0.15, 0.2) is 18.2 Å². The lowest BCUT2D eigenvalue weighted by Crippen LogP contribution is -2.55. The van der Waals surface area contributed by atoms with Crippen LogP contribution < -0.4 is 9.47 Å². The fraction of sp³-hybridized carbons (Fsp3) is 0.500. The summed E-state index contributed by atoms with van der Waals surface area (Å²) in [7, 11) is 0. The van der Waals surface area contributed by atoms with Gasteiger partial charge in [-0.25, -0.2) is 9.59 Å². The highest BCUT2D eigenvalue weighted by Crippen LogP contribution is 2.41. The van der Waals surface area contributed by atoms with Crippen molar-refractivity contribution in [2.75, 3.05) is 13.2 Å². The normalized spacial score (nSPS) is 15.8. The van der Waals surface area contributed by atoms with Crippen molar-refractivity contribution in [2.24, 2.45) is 0 Å². The highest BCUT2D eigenvalue weighted by Gasteiger charge is 2.59. The van der Waals surface area contributed by atoms with Crippen LogP contribution in [-0.4, -0.2) is 36.3 Å². The first-order chi connectivity index (χ1) is 10.9. The molecule has 1 aliphatic rings. The number of halogens is 1. The Bertz CT molecular complexity index is 580. The molecule has 0 saturated heterocycles. The van der Waals surface area contributed by atoms with Gasteiger partial charge >= 0.3 is 17.7 Å². The molecule has 6 nitrogen and oxygen atoms in total. The van der Waals surface area contributed by atoms with Crippen molar-refractivity contribution in [3.8, 4) is 11.5 Å². The van der Waals surface area contributed by atoms with E-state index >= 15 is 0 Å². The van der Waals surface area contributed by atoms with Gasteiger partial charge in [-0.1, -0.05) is 6.07 Å². The van der Waals surface area contributed by atoms with Gasteiger partial charge in [-0.3, -0.25) is 0 Å². The molecule has 0 N–H and O–H groups in total. The van der Waals surface area contributed by atoms with Gasteiger partial charge in [0.25, 0.3) is 0 Å². The Morgan fingerprint density at radius 2 is 1.70 bits per heavy atom. The average Bonchev–Trinajstić information content (AvgIpc) is 2.87. The number of rotatable bonds is 6. The van der Waals surface area contributed by atoms with Crippen molar-refractivity contribution in [3.05, 3.63) is 23.8 Å². The predicted octanol–water partition coefficient (Wildman–Crippen LogP) is 2.45. The summed E-state index contributed by atoms with van der Waals surface area (Å²) in [5.74, 6) is -3.58. The highest BCUT2D eigenvalue weighted by molar-refractivity contribution is 6.20. The van der Waals surface area contributed by atoms with Gasteiger partial charge < -0.3 is 18.9 Å². The molecule has 1 aromatic carbocycles. The summed E-state index contributed by atoms with van der Waals surface area (Å²) in [5.41, 5.74) is 0.901. The van der Waals surface area contributed by atoms with E-state index in [0.29, 0.717) is 6.42 Å². The minimum absolute atomic E-state index is 0.0600. The molecule has 7 heteroatoms. The Hall–Kier alpha value is -1.95. The topological polar surface area (TPSA) is 71.1 Å². The van der Waals surface area contributed by atoms with E-state index in [1.165, 1.54) is 0 Å². The van der Waals surface area contributed by atoms with E-state index in [4.69, 9.17) is 30.5 Å². The van der Waals surface area contributed by atoms with E-state index < -0.39 is 17.7 Å². The summed E-state index contributed by atoms with van der Waals surface area (Å²) in [5, 5.41) is -0.0600. The van der Waals surface area contributed by atoms with Gasteiger partial charge in [0.05, 0.1) is 13.2 Å². The summed E-state index contributed by atoms with van der Waals surface area (Å²) in [6.45, 7) is 5.28. The lowest BCUT2D eigenvalue weighted by atomic mass is 10.1. The first-order valence-electron chi connectivity index (χ1n) is 7.42. The van der Waals surface area contributed by atoms with Crippen LogP contribution in [0.4, 0.5) is 0 Å². The Balaban J connectivity index is 2.32. The van der Waals surface area contributed by atoms with Crippen LogP contribution in [0, 0.1) is 0 Å². The maximum absolute atomic E-state index is 12.2. The van der Waals surface area contributed by atoms with Gasteiger partial charge in [0.2, 0.25) is 0 Å². The summed E-state index contributed by atoms with van der Waals surface area (Å²) >= 11 is 5.98. The number of carbonyl (C=O) groups is 2. The molecule has 0 aliphatic carbocycles. The minimum atomic E-state index is -2.25. The fourth-order valence-corrected chi connectivity index (χ4v) is 2.38. The SMILES string of the molecule is CCOC(=O)C1(C(=O)OCC)Oc2ccc(CC(C)Cl)cc2O1. The molecule has 2 rings (SSSR count). The third kappa shape index (κ3) is 3.52. The van der Waals surface area contributed by atoms with Crippen molar-refractivity contribution < 1.29 is 28.5 Å². The molecule has 0 bridgehead atoms. The second-order valence-corrected chi connectivity index (χ2v) is 5.77. The smallest absolute Gasteiger partial charge is 0.453 e. The third-order valence-corrected chi connectivity index (χ3v) is 3.28. The van der Waals surface area contributed by atoms with Gasteiger partial charge in [0, 0.05) is 5.38 Å². The van der Waals surface area contributed by atoms with Gasteiger partial charge in [-0.05, 0) is 44.9 Å². The van der Waals surface area contributed by atoms with E-state index in [-0.39, 0.29) is 30.1 Å². The van der Waals surface area contributed by atoms with Crippen molar-refractivity contribution in [3.63, 3.8) is 0 Å². The van der Waals surface area contributed by atoms with Crippen LogP contribution in [0.25, 0.3) is 0 Å². The molecule has 0 saturated carbocycles. The van der Waals surface area contributed by atoms with E-state index in [0.717, 1.165) is 5.56 Å². The Labute approximate surface area is 139 Å². The number of hydrogen-bond acceptors (Lipinski definition) is 6. The molecule has 0 fully saturated rings. The van der Waals surface area contributed by atoms with E-state index in [2.05, 4.69) is 0 Å². The first kappa shape index (κ1) is 17.4. The molecule has 0 spiro atoms. The number of benzene rings is 1. The highest BCUT2D eigenvalue weighted by atomic mass is 35.5. The van der Waals surface area contributed by atoms with Crippen molar-refractivity contribution in [1.82, 2.24) is 0 Å². The van der Waals surface area contributed by atoms with Gasteiger partial charge in [0.1, 0.15) is 0 Å². The van der Waals surface area contributed by atoms with Crippen molar-refractivity contribution >= 4 is 23.5 Å². The molecular formula is C16H19ClO6. The molecule has 1 unspecified atom stereocenters.